The fraction of sp³-hybridized carbons (Fsp3) is 0.357. The van der Waals surface area contributed by atoms with Crippen LogP contribution < -0.4 is 10.6 Å². The summed E-state index contributed by atoms with van der Waals surface area (Å²) in [7, 11) is 0. The lowest BCUT2D eigenvalue weighted by Gasteiger charge is -2.09. The molecule has 0 aliphatic carbocycles. The van der Waals surface area contributed by atoms with Crippen LogP contribution in [-0.4, -0.2) is 35.5 Å². The van der Waals surface area contributed by atoms with Crippen molar-refractivity contribution in [3.05, 3.63) is 35.4 Å². The number of hydrogen-bond donors (Lipinski definition) is 3. The average Bonchev–Trinajstić information content (AvgIpc) is 2.37. The van der Waals surface area contributed by atoms with Crippen LogP contribution in [0.5, 0.6) is 0 Å². The number of benzene rings is 1. The van der Waals surface area contributed by atoms with Crippen molar-refractivity contribution in [1.82, 2.24) is 10.6 Å². The molecule has 0 atom stereocenters. The summed E-state index contributed by atoms with van der Waals surface area (Å²) in [6, 6.07) is 5.99. The number of aromatic carboxylic acids is 1. The Balaban J connectivity index is 2.56. The van der Waals surface area contributed by atoms with E-state index in [-0.39, 0.29) is 36.0 Å². The highest BCUT2D eigenvalue weighted by atomic mass is 16.4. The lowest BCUT2D eigenvalue weighted by molar-refractivity contribution is -0.121. The molecular weight excluding hydrogens is 260 g/mol. The Kier molecular flexibility index (Phi) is 5.71. The van der Waals surface area contributed by atoms with Crippen molar-refractivity contribution in [1.29, 1.82) is 0 Å². The molecule has 0 bridgehead atoms. The highest BCUT2D eigenvalue weighted by Gasteiger charge is 2.15. The number of carbonyl (C=O) groups is 3. The minimum absolute atomic E-state index is 0.0472. The summed E-state index contributed by atoms with van der Waals surface area (Å²) in [6.45, 7) is 3.85. The van der Waals surface area contributed by atoms with E-state index in [1.807, 2.05) is 13.8 Å². The molecule has 0 unspecified atom stereocenters. The molecule has 0 aliphatic rings. The molecule has 0 aliphatic heterocycles. The third-order valence-electron chi connectivity index (χ3n) is 2.49. The summed E-state index contributed by atoms with van der Waals surface area (Å²) in [5, 5.41) is 14.2. The first-order valence-corrected chi connectivity index (χ1v) is 6.31. The van der Waals surface area contributed by atoms with Crippen molar-refractivity contribution in [3.63, 3.8) is 0 Å². The van der Waals surface area contributed by atoms with Crippen molar-refractivity contribution in [2.45, 2.75) is 26.3 Å². The summed E-state index contributed by atoms with van der Waals surface area (Å²) < 4.78 is 0. The van der Waals surface area contributed by atoms with Crippen LogP contribution in [0.2, 0.25) is 0 Å². The van der Waals surface area contributed by atoms with Gasteiger partial charge in [0.2, 0.25) is 5.91 Å². The maximum atomic E-state index is 11.9. The number of carboxylic acids is 1. The van der Waals surface area contributed by atoms with Crippen LogP contribution in [0.25, 0.3) is 0 Å². The Hall–Kier alpha value is -2.37. The van der Waals surface area contributed by atoms with Gasteiger partial charge in [-0.3, -0.25) is 9.59 Å². The summed E-state index contributed by atoms with van der Waals surface area (Å²) in [5.41, 5.74) is 0.0286. The molecule has 6 nitrogen and oxygen atoms in total. The van der Waals surface area contributed by atoms with Crippen molar-refractivity contribution >= 4 is 17.8 Å². The summed E-state index contributed by atoms with van der Waals surface area (Å²) >= 11 is 0. The monoisotopic (exact) mass is 278 g/mol. The second-order valence-electron chi connectivity index (χ2n) is 4.58. The fourth-order valence-corrected chi connectivity index (χ4v) is 1.65. The molecule has 20 heavy (non-hydrogen) atoms. The topological polar surface area (TPSA) is 95.5 Å². The van der Waals surface area contributed by atoms with Crippen molar-refractivity contribution in [2.75, 3.05) is 6.54 Å². The fourth-order valence-electron chi connectivity index (χ4n) is 1.65. The molecule has 1 rings (SSSR count). The lowest BCUT2D eigenvalue weighted by Crippen LogP contribution is -2.34. The van der Waals surface area contributed by atoms with Gasteiger partial charge in [0.05, 0.1) is 11.1 Å². The molecule has 6 heteroatoms. The first-order chi connectivity index (χ1) is 9.41. The van der Waals surface area contributed by atoms with Gasteiger partial charge in [-0.25, -0.2) is 4.79 Å². The standard InChI is InChI=1S/C14H18N2O4/c1-9(2)16-12(17)7-8-15-13(18)10-5-3-4-6-11(10)14(19)20/h3-6,9H,7-8H2,1-2H3,(H,15,18)(H,16,17)(H,19,20). The maximum absolute atomic E-state index is 11.9. The third kappa shape index (κ3) is 4.72. The summed E-state index contributed by atoms with van der Waals surface area (Å²) in [4.78, 5) is 34.2. The van der Waals surface area contributed by atoms with E-state index < -0.39 is 11.9 Å². The molecule has 0 radical (unpaired) electrons. The molecule has 0 spiro atoms. The van der Waals surface area contributed by atoms with Crippen LogP contribution in [0.4, 0.5) is 0 Å². The summed E-state index contributed by atoms with van der Waals surface area (Å²) in [5.74, 6) is -1.82. The SMILES string of the molecule is CC(C)NC(=O)CCNC(=O)c1ccccc1C(=O)O. The second kappa shape index (κ2) is 7.28. The van der Waals surface area contributed by atoms with E-state index in [1.54, 1.807) is 12.1 Å². The van der Waals surface area contributed by atoms with Gasteiger partial charge in [-0.1, -0.05) is 12.1 Å². The van der Waals surface area contributed by atoms with Gasteiger partial charge in [0, 0.05) is 19.0 Å². The number of nitrogens with one attached hydrogen (secondary N) is 2. The van der Waals surface area contributed by atoms with Crippen molar-refractivity contribution in [3.8, 4) is 0 Å². The Morgan fingerprint density at radius 3 is 2.30 bits per heavy atom. The van der Waals surface area contributed by atoms with Crippen LogP contribution >= 0.6 is 0 Å². The molecule has 0 aromatic heterocycles. The molecule has 1 aromatic rings. The van der Waals surface area contributed by atoms with Gasteiger partial charge in [-0.15, -0.1) is 0 Å². The van der Waals surface area contributed by atoms with Crippen LogP contribution in [0.3, 0.4) is 0 Å². The van der Waals surface area contributed by atoms with E-state index in [1.165, 1.54) is 12.1 Å². The molecule has 0 saturated carbocycles. The van der Waals surface area contributed by atoms with Crippen LogP contribution in [-0.2, 0) is 4.79 Å². The van der Waals surface area contributed by atoms with Crippen LogP contribution in [0, 0.1) is 0 Å². The van der Waals surface area contributed by atoms with Crippen molar-refractivity contribution < 1.29 is 19.5 Å². The molecule has 1 aromatic carbocycles. The van der Waals surface area contributed by atoms with Gasteiger partial charge in [0.15, 0.2) is 0 Å². The molecule has 2 amide bonds. The minimum atomic E-state index is -1.16. The number of hydrogen-bond acceptors (Lipinski definition) is 3. The summed E-state index contributed by atoms with van der Waals surface area (Å²) in [6.07, 6.45) is 0.152. The number of rotatable bonds is 6. The Morgan fingerprint density at radius 2 is 1.75 bits per heavy atom. The predicted molar refractivity (Wildman–Crippen MR) is 73.6 cm³/mol. The molecular formula is C14H18N2O4. The van der Waals surface area contributed by atoms with E-state index in [0.717, 1.165) is 0 Å². The smallest absolute Gasteiger partial charge is 0.336 e. The Morgan fingerprint density at radius 1 is 1.15 bits per heavy atom. The largest absolute Gasteiger partial charge is 0.478 e. The van der Waals surface area contributed by atoms with Gasteiger partial charge in [-0.2, -0.15) is 0 Å². The Bertz CT molecular complexity index is 512. The third-order valence-corrected chi connectivity index (χ3v) is 2.49. The van der Waals surface area contributed by atoms with E-state index >= 15 is 0 Å². The molecule has 3 N–H and O–H groups in total. The van der Waals surface area contributed by atoms with Gasteiger partial charge in [0.1, 0.15) is 0 Å². The van der Waals surface area contributed by atoms with E-state index in [9.17, 15) is 14.4 Å². The quantitative estimate of drug-likeness (QED) is 0.724. The second-order valence-corrected chi connectivity index (χ2v) is 4.58. The van der Waals surface area contributed by atoms with Crippen LogP contribution in [0.1, 0.15) is 41.0 Å². The zero-order chi connectivity index (χ0) is 15.1. The van der Waals surface area contributed by atoms with Crippen molar-refractivity contribution in [2.24, 2.45) is 0 Å². The molecule has 108 valence electrons. The van der Waals surface area contributed by atoms with Gasteiger partial charge in [-0.05, 0) is 26.0 Å². The average molecular weight is 278 g/mol. The molecule has 0 fully saturated rings. The van der Waals surface area contributed by atoms with Crippen LogP contribution in [0.15, 0.2) is 24.3 Å². The maximum Gasteiger partial charge on any atom is 0.336 e. The zero-order valence-electron chi connectivity index (χ0n) is 11.5. The highest BCUT2D eigenvalue weighted by molar-refractivity contribution is 6.04. The number of carbonyl (C=O) groups excluding carboxylic acids is 2. The Labute approximate surface area is 117 Å². The number of carboxylic acid groups (broad SMARTS) is 1. The number of amides is 2. The normalized spacial score (nSPS) is 10.2. The van der Waals surface area contributed by atoms with Gasteiger partial charge < -0.3 is 15.7 Å². The molecule has 0 saturated heterocycles. The van der Waals surface area contributed by atoms with E-state index in [4.69, 9.17) is 5.11 Å². The van der Waals surface area contributed by atoms with E-state index in [2.05, 4.69) is 10.6 Å². The predicted octanol–water partition coefficient (Wildman–Crippen LogP) is 1.03. The van der Waals surface area contributed by atoms with Gasteiger partial charge >= 0.3 is 5.97 Å². The highest BCUT2D eigenvalue weighted by Crippen LogP contribution is 2.08. The lowest BCUT2D eigenvalue weighted by atomic mass is 10.1. The van der Waals surface area contributed by atoms with E-state index in [0.29, 0.717) is 0 Å². The molecule has 0 heterocycles. The first kappa shape index (κ1) is 15.7. The minimum Gasteiger partial charge on any atom is -0.478 e. The first-order valence-electron chi connectivity index (χ1n) is 6.31. The zero-order valence-corrected chi connectivity index (χ0v) is 11.5. The van der Waals surface area contributed by atoms with Gasteiger partial charge in [0.25, 0.3) is 5.91 Å².